The summed E-state index contributed by atoms with van der Waals surface area (Å²) < 4.78 is 5.09. The maximum absolute atomic E-state index is 5.09. The quantitative estimate of drug-likeness (QED) is 0.715. The summed E-state index contributed by atoms with van der Waals surface area (Å²) in [4.78, 5) is 5.71. The number of rotatable bonds is 1. The molecule has 4 heteroatoms. The minimum atomic E-state index is 0.440. The van der Waals surface area contributed by atoms with E-state index in [4.69, 9.17) is 4.74 Å². The molecule has 1 aromatic rings. The molecule has 0 amide bonds. The summed E-state index contributed by atoms with van der Waals surface area (Å²) in [5.74, 6) is 0. The monoisotopic (exact) mass is 184 g/mol. The van der Waals surface area contributed by atoms with Gasteiger partial charge in [0.1, 0.15) is 0 Å². The van der Waals surface area contributed by atoms with E-state index in [0.29, 0.717) is 6.04 Å². The highest BCUT2D eigenvalue weighted by Gasteiger charge is 2.20. The van der Waals surface area contributed by atoms with Gasteiger partial charge < -0.3 is 10.1 Å². The molecule has 1 N–H and O–H groups in total. The van der Waals surface area contributed by atoms with Gasteiger partial charge in [0.25, 0.3) is 5.19 Å². The Labute approximate surface area is 75.8 Å². The third-order valence-corrected chi connectivity index (χ3v) is 3.33. The highest BCUT2D eigenvalue weighted by molar-refractivity contribution is 7.13. The number of methoxy groups -OCH3 is 1. The predicted molar refractivity (Wildman–Crippen MR) is 48.8 cm³/mol. The van der Waals surface area contributed by atoms with E-state index in [0.717, 1.165) is 18.2 Å². The second-order valence-electron chi connectivity index (χ2n) is 2.92. The van der Waals surface area contributed by atoms with E-state index in [1.807, 2.05) is 0 Å². The van der Waals surface area contributed by atoms with Crippen molar-refractivity contribution in [2.45, 2.75) is 19.4 Å². The predicted octanol–water partition coefficient (Wildman–Crippen LogP) is 1.36. The Morgan fingerprint density at radius 3 is 3.17 bits per heavy atom. The van der Waals surface area contributed by atoms with Crippen LogP contribution in [0.3, 0.4) is 0 Å². The average Bonchev–Trinajstić information content (AvgIpc) is 2.49. The van der Waals surface area contributed by atoms with Crippen LogP contribution >= 0.6 is 11.3 Å². The van der Waals surface area contributed by atoms with Gasteiger partial charge in [-0.3, -0.25) is 0 Å². The smallest absolute Gasteiger partial charge is 0.273 e. The van der Waals surface area contributed by atoms with Gasteiger partial charge >= 0.3 is 0 Å². The molecule has 1 aromatic heterocycles. The first kappa shape index (κ1) is 8.01. The van der Waals surface area contributed by atoms with Gasteiger partial charge in [-0.05, 0) is 6.92 Å². The minimum absolute atomic E-state index is 0.440. The molecule has 2 heterocycles. The van der Waals surface area contributed by atoms with Gasteiger partial charge in [-0.25, -0.2) is 4.98 Å². The lowest BCUT2D eigenvalue weighted by atomic mass is 10.1. The van der Waals surface area contributed by atoms with Crippen molar-refractivity contribution in [1.82, 2.24) is 10.3 Å². The summed E-state index contributed by atoms with van der Waals surface area (Å²) in [6.07, 6.45) is 1.03. The minimum Gasteiger partial charge on any atom is -0.473 e. The molecule has 1 aliphatic rings. The summed E-state index contributed by atoms with van der Waals surface area (Å²) in [7, 11) is 1.67. The van der Waals surface area contributed by atoms with E-state index in [2.05, 4.69) is 17.2 Å². The Balaban J connectivity index is 2.37. The summed E-state index contributed by atoms with van der Waals surface area (Å²) in [5.41, 5.74) is 1.21. The zero-order valence-corrected chi connectivity index (χ0v) is 8.07. The zero-order valence-electron chi connectivity index (χ0n) is 7.26. The Kier molecular flexibility index (Phi) is 2.02. The lowest BCUT2D eigenvalue weighted by molar-refractivity contribution is 0.410. The van der Waals surface area contributed by atoms with Crippen molar-refractivity contribution in [1.29, 1.82) is 0 Å². The van der Waals surface area contributed by atoms with Gasteiger partial charge in [0, 0.05) is 23.9 Å². The molecule has 0 bridgehead atoms. The molecule has 0 spiro atoms. The van der Waals surface area contributed by atoms with Crippen LogP contribution < -0.4 is 10.1 Å². The zero-order chi connectivity index (χ0) is 8.55. The number of hydrogen-bond acceptors (Lipinski definition) is 4. The molecule has 0 saturated carbocycles. The van der Waals surface area contributed by atoms with Crippen LogP contribution in [-0.2, 0) is 6.42 Å². The largest absolute Gasteiger partial charge is 0.473 e. The molecule has 0 saturated heterocycles. The number of nitrogens with zero attached hydrogens (tertiary/aromatic N) is 1. The topological polar surface area (TPSA) is 34.1 Å². The molecular formula is C8H12N2OS. The van der Waals surface area contributed by atoms with E-state index in [1.165, 1.54) is 10.6 Å². The molecule has 0 fully saturated rings. The van der Waals surface area contributed by atoms with Gasteiger partial charge in [0.2, 0.25) is 0 Å². The van der Waals surface area contributed by atoms with Crippen LogP contribution in [0.4, 0.5) is 0 Å². The maximum Gasteiger partial charge on any atom is 0.273 e. The third kappa shape index (κ3) is 1.21. The fraction of sp³-hybridized carbons (Fsp3) is 0.625. The number of hydrogen-bond donors (Lipinski definition) is 1. The van der Waals surface area contributed by atoms with Crippen molar-refractivity contribution in [2.75, 3.05) is 13.7 Å². The standard InChI is InChI=1S/C8H12N2OS/c1-5-7-6(3-4-9-5)10-8(11-2)12-7/h5,9H,3-4H2,1-2H3/t5-/m1/s1. The molecule has 3 nitrogen and oxygen atoms in total. The maximum atomic E-state index is 5.09. The number of thiazole rings is 1. The molecule has 1 atom stereocenters. The summed E-state index contributed by atoms with van der Waals surface area (Å²) in [6.45, 7) is 3.19. The molecule has 1 aliphatic heterocycles. The molecular weight excluding hydrogens is 172 g/mol. The molecule has 12 heavy (non-hydrogen) atoms. The molecule has 2 rings (SSSR count). The number of nitrogens with one attached hydrogen (secondary N) is 1. The van der Waals surface area contributed by atoms with Crippen molar-refractivity contribution in [3.05, 3.63) is 10.6 Å². The summed E-state index contributed by atoms with van der Waals surface area (Å²) in [5, 5.41) is 4.18. The van der Waals surface area contributed by atoms with Crippen molar-refractivity contribution < 1.29 is 4.74 Å². The van der Waals surface area contributed by atoms with Gasteiger partial charge in [-0.1, -0.05) is 11.3 Å². The Bertz CT molecular complexity index is 285. The lowest BCUT2D eigenvalue weighted by Gasteiger charge is -2.17. The van der Waals surface area contributed by atoms with Crippen molar-refractivity contribution in [3.8, 4) is 5.19 Å². The number of ether oxygens (including phenoxy) is 1. The first-order valence-electron chi connectivity index (χ1n) is 4.08. The van der Waals surface area contributed by atoms with Crippen LogP contribution in [0, 0.1) is 0 Å². The number of aromatic nitrogens is 1. The Morgan fingerprint density at radius 2 is 2.50 bits per heavy atom. The van der Waals surface area contributed by atoms with Gasteiger partial charge in [0.05, 0.1) is 12.8 Å². The molecule has 0 aromatic carbocycles. The van der Waals surface area contributed by atoms with E-state index in [1.54, 1.807) is 18.4 Å². The van der Waals surface area contributed by atoms with E-state index < -0.39 is 0 Å². The van der Waals surface area contributed by atoms with Crippen LogP contribution in [0.15, 0.2) is 0 Å². The van der Waals surface area contributed by atoms with E-state index in [9.17, 15) is 0 Å². The normalized spacial score (nSPS) is 22.0. The second kappa shape index (κ2) is 3.03. The fourth-order valence-corrected chi connectivity index (χ4v) is 2.40. The fourth-order valence-electron chi connectivity index (χ4n) is 1.45. The van der Waals surface area contributed by atoms with Crippen LogP contribution in [-0.4, -0.2) is 18.6 Å². The molecule has 0 unspecified atom stereocenters. The SMILES string of the molecule is COc1nc2c(s1)[C@@H](C)NCC2. The third-order valence-electron chi connectivity index (χ3n) is 2.09. The van der Waals surface area contributed by atoms with Crippen LogP contribution in [0.1, 0.15) is 23.5 Å². The summed E-state index contributed by atoms with van der Waals surface area (Å²) in [6, 6.07) is 0.440. The van der Waals surface area contributed by atoms with Gasteiger partial charge in [-0.2, -0.15) is 0 Å². The van der Waals surface area contributed by atoms with Crippen LogP contribution in [0.5, 0.6) is 5.19 Å². The summed E-state index contributed by atoms with van der Waals surface area (Å²) >= 11 is 1.65. The van der Waals surface area contributed by atoms with Crippen LogP contribution in [0.2, 0.25) is 0 Å². The Morgan fingerprint density at radius 1 is 1.67 bits per heavy atom. The van der Waals surface area contributed by atoms with Gasteiger partial charge in [-0.15, -0.1) is 0 Å². The highest BCUT2D eigenvalue weighted by Crippen LogP contribution is 2.32. The molecule has 66 valence electrons. The van der Waals surface area contributed by atoms with Crippen molar-refractivity contribution in [3.63, 3.8) is 0 Å². The lowest BCUT2D eigenvalue weighted by Crippen LogP contribution is -2.26. The highest BCUT2D eigenvalue weighted by atomic mass is 32.1. The van der Waals surface area contributed by atoms with Crippen LogP contribution in [0.25, 0.3) is 0 Å². The van der Waals surface area contributed by atoms with Crippen molar-refractivity contribution in [2.24, 2.45) is 0 Å². The second-order valence-corrected chi connectivity index (χ2v) is 3.91. The van der Waals surface area contributed by atoms with Crippen molar-refractivity contribution >= 4 is 11.3 Å². The first-order valence-corrected chi connectivity index (χ1v) is 4.90. The first-order chi connectivity index (χ1) is 5.81. The molecule has 0 radical (unpaired) electrons. The Hall–Kier alpha value is -0.610. The van der Waals surface area contributed by atoms with E-state index in [-0.39, 0.29) is 0 Å². The average molecular weight is 184 g/mol. The number of fused-ring (bicyclic) bond motifs is 1. The molecule has 0 aliphatic carbocycles. The van der Waals surface area contributed by atoms with Gasteiger partial charge in [0.15, 0.2) is 0 Å². The van der Waals surface area contributed by atoms with E-state index >= 15 is 0 Å².